The molecule has 0 saturated heterocycles. The minimum atomic E-state index is -0.718. The van der Waals surface area contributed by atoms with Crippen molar-refractivity contribution in [3.63, 3.8) is 0 Å². The van der Waals surface area contributed by atoms with Crippen molar-refractivity contribution in [1.29, 1.82) is 0 Å². The van der Waals surface area contributed by atoms with Gasteiger partial charge in [0, 0.05) is 29.3 Å². The van der Waals surface area contributed by atoms with Crippen molar-refractivity contribution in [2.75, 3.05) is 5.75 Å². The van der Waals surface area contributed by atoms with Crippen LogP contribution in [0.1, 0.15) is 37.5 Å². The quantitative estimate of drug-likeness (QED) is 0.272. The van der Waals surface area contributed by atoms with Crippen LogP contribution in [0.15, 0.2) is 72.8 Å². The van der Waals surface area contributed by atoms with Crippen molar-refractivity contribution in [1.82, 2.24) is 10.2 Å². The van der Waals surface area contributed by atoms with Crippen LogP contribution in [-0.4, -0.2) is 34.0 Å². The second-order valence-corrected chi connectivity index (χ2v) is 12.0. The molecule has 2 amide bonds. The van der Waals surface area contributed by atoms with Gasteiger partial charge in [-0.05, 0) is 55.7 Å². The fourth-order valence-electron chi connectivity index (χ4n) is 3.79. The number of nitrogens with one attached hydrogen (secondary N) is 1. The van der Waals surface area contributed by atoms with Gasteiger partial charge in [-0.2, -0.15) is 0 Å². The molecule has 4 nitrogen and oxygen atoms in total. The molecule has 0 aliphatic rings. The van der Waals surface area contributed by atoms with Crippen molar-refractivity contribution in [3.8, 4) is 0 Å². The van der Waals surface area contributed by atoms with Crippen molar-refractivity contribution in [3.05, 3.63) is 105 Å². The fourth-order valence-corrected chi connectivity index (χ4v) is 5.30. The summed E-state index contributed by atoms with van der Waals surface area (Å²) in [6.07, 6.45) is 0.380. The molecule has 1 atom stereocenters. The summed E-state index contributed by atoms with van der Waals surface area (Å²) in [6.45, 7) is 6.00. The average molecular weight is 578 g/mol. The Bertz CT molecular complexity index is 1220. The highest BCUT2D eigenvalue weighted by atomic mass is 35.5. The SMILES string of the molecule is CC(C)(C)NC(=O)[C@H](Cc1ccccc1)N(Cc1ccc(Cl)c(Cl)c1)C(=O)CSCc1ccccc1Cl. The number of rotatable bonds is 10. The maximum Gasteiger partial charge on any atom is 0.243 e. The van der Waals surface area contributed by atoms with E-state index < -0.39 is 11.6 Å². The van der Waals surface area contributed by atoms with E-state index in [0.717, 1.165) is 16.7 Å². The minimum absolute atomic E-state index is 0.145. The number of carbonyl (C=O) groups is 2. The number of carbonyl (C=O) groups excluding carboxylic acids is 2. The lowest BCUT2D eigenvalue weighted by Crippen LogP contribution is -2.54. The number of thioether (sulfide) groups is 1. The summed E-state index contributed by atoms with van der Waals surface area (Å²) in [4.78, 5) is 28.9. The van der Waals surface area contributed by atoms with E-state index in [4.69, 9.17) is 34.8 Å². The van der Waals surface area contributed by atoms with Crippen LogP contribution < -0.4 is 5.32 Å². The van der Waals surface area contributed by atoms with Crippen molar-refractivity contribution in [2.24, 2.45) is 0 Å². The van der Waals surface area contributed by atoms with E-state index >= 15 is 0 Å². The van der Waals surface area contributed by atoms with Crippen molar-refractivity contribution in [2.45, 2.75) is 51.1 Å². The number of hydrogen-bond acceptors (Lipinski definition) is 3. The second-order valence-electron chi connectivity index (χ2n) is 9.80. The number of halogens is 3. The Balaban J connectivity index is 1.90. The van der Waals surface area contributed by atoms with Crippen LogP contribution in [0.2, 0.25) is 15.1 Å². The Labute approximate surface area is 238 Å². The zero-order valence-electron chi connectivity index (χ0n) is 21.1. The van der Waals surface area contributed by atoms with E-state index in [-0.39, 0.29) is 24.1 Å². The van der Waals surface area contributed by atoms with E-state index in [1.165, 1.54) is 11.8 Å². The normalized spacial score (nSPS) is 12.2. The molecule has 0 fully saturated rings. The lowest BCUT2D eigenvalue weighted by Gasteiger charge is -2.34. The average Bonchev–Trinajstić information content (AvgIpc) is 2.84. The highest BCUT2D eigenvalue weighted by molar-refractivity contribution is 7.99. The van der Waals surface area contributed by atoms with Gasteiger partial charge in [0.2, 0.25) is 11.8 Å². The van der Waals surface area contributed by atoms with Crippen LogP contribution in [0, 0.1) is 0 Å². The first-order valence-electron chi connectivity index (χ1n) is 11.9. The number of benzene rings is 3. The number of amides is 2. The molecule has 0 spiro atoms. The van der Waals surface area contributed by atoms with Gasteiger partial charge >= 0.3 is 0 Å². The topological polar surface area (TPSA) is 49.4 Å². The van der Waals surface area contributed by atoms with Crippen LogP contribution in [-0.2, 0) is 28.3 Å². The molecule has 3 rings (SSSR count). The zero-order chi connectivity index (χ0) is 27.0. The molecule has 37 heavy (non-hydrogen) atoms. The molecule has 0 bridgehead atoms. The predicted octanol–water partition coefficient (Wildman–Crippen LogP) is 7.43. The lowest BCUT2D eigenvalue weighted by molar-refractivity contribution is -0.140. The molecule has 0 saturated carbocycles. The first-order chi connectivity index (χ1) is 17.5. The smallest absolute Gasteiger partial charge is 0.243 e. The highest BCUT2D eigenvalue weighted by Crippen LogP contribution is 2.26. The summed E-state index contributed by atoms with van der Waals surface area (Å²) in [5, 5.41) is 4.57. The Morgan fingerprint density at radius 3 is 2.19 bits per heavy atom. The van der Waals surface area contributed by atoms with Crippen LogP contribution in [0.5, 0.6) is 0 Å². The largest absolute Gasteiger partial charge is 0.350 e. The van der Waals surface area contributed by atoms with Gasteiger partial charge < -0.3 is 10.2 Å². The van der Waals surface area contributed by atoms with Gasteiger partial charge in [0.25, 0.3) is 0 Å². The van der Waals surface area contributed by atoms with Crippen LogP contribution in [0.4, 0.5) is 0 Å². The van der Waals surface area contributed by atoms with Gasteiger partial charge in [-0.3, -0.25) is 9.59 Å². The monoisotopic (exact) mass is 576 g/mol. The molecule has 3 aromatic carbocycles. The maximum absolute atomic E-state index is 13.7. The first kappa shape index (κ1) is 29.4. The summed E-state index contributed by atoms with van der Waals surface area (Å²) in [5.41, 5.74) is 2.26. The second kappa shape index (κ2) is 13.6. The Morgan fingerprint density at radius 2 is 1.54 bits per heavy atom. The zero-order valence-corrected chi connectivity index (χ0v) is 24.2. The molecule has 0 aromatic heterocycles. The van der Waals surface area contributed by atoms with Gasteiger partial charge in [0.15, 0.2) is 0 Å². The first-order valence-corrected chi connectivity index (χ1v) is 14.2. The molecule has 196 valence electrons. The van der Waals surface area contributed by atoms with Crippen molar-refractivity contribution < 1.29 is 9.59 Å². The summed E-state index contributed by atoms with van der Waals surface area (Å²) >= 11 is 20.2. The number of nitrogens with zero attached hydrogens (tertiary/aromatic N) is 1. The Hall–Kier alpha value is -2.18. The molecule has 0 aliphatic heterocycles. The van der Waals surface area contributed by atoms with Gasteiger partial charge in [-0.25, -0.2) is 0 Å². The third-order valence-electron chi connectivity index (χ3n) is 5.55. The standard InChI is InChI=1S/C29H31Cl3N2O2S/c1-29(2,3)33-28(36)26(16-20-9-5-4-6-10-20)34(17-21-13-14-24(31)25(32)15-21)27(35)19-37-18-22-11-7-8-12-23(22)30/h4-15,26H,16-19H2,1-3H3,(H,33,36)/t26-/m0/s1. The number of hydrogen-bond donors (Lipinski definition) is 1. The summed E-state index contributed by atoms with van der Waals surface area (Å²) < 4.78 is 0. The fraction of sp³-hybridized carbons (Fsp3) is 0.310. The summed E-state index contributed by atoms with van der Waals surface area (Å²) in [7, 11) is 0. The van der Waals surface area contributed by atoms with Crippen LogP contribution in [0.3, 0.4) is 0 Å². The molecule has 0 heterocycles. The Kier molecular flexibility index (Phi) is 10.8. The van der Waals surface area contributed by atoms with E-state index in [2.05, 4.69) is 5.32 Å². The lowest BCUT2D eigenvalue weighted by atomic mass is 10.0. The highest BCUT2D eigenvalue weighted by Gasteiger charge is 2.32. The van der Waals surface area contributed by atoms with E-state index in [1.54, 1.807) is 17.0 Å². The van der Waals surface area contributed by atoms with Gasteiger partial charge in [0.05, 0.1) is 15.8 Å². The molecular weight excluding hydrogens is 547 g/mol. The summed E-state index contributed by atoms with van der Waals surface area (Å²) in [5.74, 6) is 0.429. The molecule has 0 radical (unpaired) electrons. The molecule has 1 N–H and O–H groups in total. The van der Waals surface area contributed by atoms with Crippen LogP contribution in [0.25, 0.3) is 0 Å². The van der Waals surface area contributed by atoms with Crippen LogP contribution >= 0.6 is 46.6 Å². The third kappa shape index (κ3) is 9.26. The van der Waals surface area contributed by atoms with E-state index in [0.29, 0.717) is 27.2 Å². The molecular formula is C29H31Cl3N2O2S. The predicted molar refractivity (Wildman–Crippen MR) is 156 cm³/mol. The summed E-state index contributed by atoms with van der Waals surface area (Å²) in [6, 6.07) is 21.8. The molecule has 3 aromatic rings. The Morgan fingerprint density at radius 1 is 0.865 bits per heavy atom. The van der Waals surface area contributed by atoms with Gasteiger partial charge in [-0.15, -0.1) is 11.8 Å². The minimum Gasteiger partial charge on any atom is -0.350 e. The van der Waals surface area contributed by atoms with Crippen molar-refractivity contribution >= 4 is 58.4 Å². The molecule has 0 aliphatic carbocycles. The molecule has 0 unspecified atom stereocenters. The van der Waals surface area contributed by atoms with E-state index in [9.17, 15) is 9.59 Å². The van der Waals surface area contributed by atoms with Gasteiger partial charge in [0.1, 0.15) is 6.04 Å². The maximum atomic E-state index is 13.7. The molecule has 8 heteroatoms. The van der Waals surface area contributed by atoms with Gasteiger partial charge in [-0.1, -0.05) is 89.4 Å². The third-order valence-corrected chi connectivity index (χ3v) is 7.62. The van der Waals surface area contributed by atoms with E-state index in [1.807, 2.05) is 81.4 Å².